The maximum Gasteiger partial charge on any atom is 0.156 e. The Hall–Kier alpha value is -2.62. The number of aliphatic hydroxyl groups excluding tert-OH is 2. The van der Waals surface area contributed by atoms with Crippen molar-refractivity contribution in [3.05, 3.63) is 64.8 Å². The number of benzene rings is 1. The molecular formula is C38H51NO3. The van der Waals surface area contributed by atoms with Gasteiger partial charge in [0.2, 0.25) is 0 Å². The number of ether oxygens (including phenoxy) is 1. The number of H-pyrrole nitrogens is 1. The second kappa shape index (κ2) is 8.73. The average molecular weight is 570 g/mol. The van der Waals surface area contributed by atoms with Crippen LogP contribution >= 0.6 is 0 Å². The van der Waals surface area contributed by atoms with E-state index in [0.717, 1.165) is 35.1 Å². The van der Waals surface area contributed by atoms with Crippen LogP contribution in [0.25, 0.3) is 10.9 Å². The third-order valence-corrected chi connectivity index (χ3v) is 14.6. The van der Waals surface area contributed by atoms with Gasteiger partial charge in [-0.25, -0.2) is 0 Å². The molecule has 0 bridgehead atoms. The van der Waals surface area contributed by atoms with Gasteiger partial charge in [-0.1, -0.05) is 59.6 Å². The van der Waals surface area contributed by atoms with E-state index in [0.29, 0.717) is 5.41 Å². The zero-order valence-electron chi connectivity index (χ0n) is 27.0. The Labute approximate surface area is 252 Å². The van der Waals surface area contributed by atoms with Crippen LogP contribution in [0.1, 0.15) is 105 Å². The summed E-state index contributed by atoms with van der Waals surface area (Å²) in [5, 5.41) is 23.5. The zero-order chi connectivity index (χ0) is 30.0. The van der Waals surface area contributed by atoms with Gasteiger partial charge in [0.25, 0.3) is 0 Å². The van der Waals surface area contributed by atoms with E-state index >= 15 is 0 Å². The van der Waals surface area contributed by atoms with Gasteiger partial charge < -0.3 is 19.9 Å². The van der Waals surface area contributed by atoms with Gasteiger partial charge in [-0.2, -0.15) is 0 Å². The maximum absolute atomic E-state index is 11.2. The second-order valence-electron chi connectivity index (χ2n) is 16.3. The number of hydrogen-bond acceptors (Lipinski definition) is 3. The number of aromatic nitrogens is 1. The van der Waals surface area contributed by atoms with Crippen LogP contribution in [0.15, 0.2) is 59.2 Å². The van der Waals surface area contributed by atoms with Gasteiger partial charge in [-0.15, -0.1) is 0 Å². The molecule has 1 heterocycles. The fourth-order valence-corrected chi connectivity index (χ4v) is 11.6. The Morgan fingerprint density at radius 1 is 0.952 bits per heavy atom. The molecular weight excluding hydrogens is 518 g/mol. The smallest absolute Gasteiger partial charge is 0.156 e. The number of aliphatic hydroxyl groups is 2. The van der Waals surface area contributed by atoms with Gasteiger partial charge in [0.1, 0.15) is 5.75 Å². The highest BCUT2D eigenvalue weighted by atomic mass is 16.5. The predicted octanol–water partition coefficient (Wildman–Crippen LogP) is 10.2. The van der Waals surface area contributed by atoms with Crippen LogP contribution in [0.2, 0.25) is 0 Å². The van der Waals surface area contributed by atoms with Crippen molar-refractivity contribution >= 4 is 10.9 Å². The molecule has 7 rings (SSSR count). The summed E-state index contributed by atoms with van der Waals surface area (Å²) in [6.45, 7) is 17.2. The first-order chi connectivity index (χ1) is 19.7. The van der Waals surface area contributed by atoms with Crippen molar-refractivity contribution < 1.29 is 14.9 Å². The van der Waals surface area contributed by atoms with Gasteiger partial charge in [0, 0.05) is 34.4 Å². The van der Waals surface area contributed by atoms with Crippen molar-refractivity contribution in [1.82, 2.24) is 4.98 Å². The van der Waals surface area contributed by atoms with E-state index in [1.54, 1.807) is 12.7 Å². The van der Waals surface area contributed by atoms with E-state index in [1.165, 1.54) is 49.5 Å². The minimum atomic E-state index is -0.389. The van der Waals surface area contributed by atoms with Crippen LogP contribution in [-0.2, 0) is 0 Å². The fourth-order valence-electron chi connectivity index (χ4n) is 11.6. The van der Waals surface area contributed by atoms with E-state index in [1.807, 2.05) is 19.1 Å². The summed E-state index contributed by atoms with van der Waals surface area (Å²) in [5.41, 5.74) is 5.08. The van der Waals surface area contributed by atoms with Gasteiger partial charge in [-0.3, -0.25) is 0 Å². The Balaban J connectivity index is 1.48. The number of fused-ring (bicyclic) bond motifs is 8. The molecule has 0 aliphatic heterocycles. The number of rotatable bonds is 2. The molecule has 1 aromatic carbocycles. The first-order valence-corrected chi connectivity index (χ1v) is 16.4. The molecule has 2 aromatic rings. The summed E-state index contributed by atoms with van der Waals surface area (Å²) in [6, 6.07) is 6.28. The number of aromatic amines is 1. The van der Waals surface area contributed by atoms with Crippen LogP contribution in [0.4, 0.5) is 0 Å². The molecule has 0 amide bonds. The lowest BCUT2D eigenvalue weighted by molar-refractivity contribution is -0.160. The Bertz CT molecular complexity index is 1560. The minimum absolute atomic E-state index is 0.0377. The highest BCUT2D eigenvalue weighted by Gasteiger charge is 2.69. The van der Waals surface area contributed by atoms with Gasteiger partial charge >= 0.3 is 0 Å². The van der Waals surface area contributed by atoms with Crippen molar-refractivity contribution in [2.75, 3.05) is 7.11 Å². The molecule has 3 fully saturated rings. The molecule has 0 saturated heterocycles. The molecule has 0 radical (unpaired) electrons. The normalized spacial score (nSPS) is 44.9. The average Bonchev–Trinajstić information content (AvgIpc) is 3.38. The van der Waals surface area contributed by atoms with Gasteiger partial charge in [-0.05, 0) is 114 Å². The maximum atomic E-state index is 11.2. The van der Waals surface area contributed by atoms with Crippen LogP contribution in [-0.4, -0.2) is 22.3 Å². The lowest BCUT2D eigenvalue weighted by Gasteiger charge is -2.71. The highest BCUT2D eigenvalue weighted by molar-refractivity contribution is 5.86. The zero-order valence-corrected chi connectivity index (χ0v) is 27.0. The third-order valence-electron chi connectivity index (χ3n) is 14.6. The largest absolute Gasteiger partial charge is 0.504 e. The van der Waals surface area contributed by atoms with Crippen LogP contribution in [0.3, 0.4) is 0 Å². The summed E-state index contributed by atoms with van der Waals surface area (Å²) in [5.74, 6) is 2.58. The molecule has 4 heteroatoms. The van der Waals surface area contributed by atoms with E-state index in [9.17, 15) is 10.2 Å². The van der Waals surface area contributed by atoms with Crippen molar-refractivity contribution in [1.29, 1.82) is 0 Å². The Morgan fingerprint density at radius 3 is 2.45 bits per heavy atom. The number of methoxy groups -OCH3 is 1. The number of allylic oxidation sites excluding steroid dienone is 4. The lowest BCUT2D eigenvalue weighted by atomic mass is 9.32. The van der Waals surface area contributed by atoms with E-state index < -0.39 is 0 Å². The van der Waals surface area contributed by atoms with Crippen LogP contribution in [0, 0.1) is 44.8 Å². The molecule has 226 valence electrons. The lowest BCUT2D eigenvalue weighted by Crippen LogP contribution is -2.63. The summed E-state index contributed by atoms with van der Waals surface area (Å²) >= 11 is 0. The fraction of sp³-hybridized carbons (Fsp3) is 0.632. The summed E-state index contributed by atoms with van der Waals surface area (Å²) < 4.78 is 5.67. The Morgan fingerprint density at radius 2 is 1.71 bits per heavy atom. The quantitative estimate of drug-likeness (QED) is 0.315. The van der Waals surface area contributed by atoms with Gasteiger partial charge in [0.15, 0.2) is 11.5 Å². The summed E-state index contributed by atoms with van der Waals surface area (Å²) in [4.78, 5) is 3.56. The molecule has 3 N–H and O–H groups in total. The predicted molar refractivity (Wildman–Crippen MR) is 171 cm³/mol. The number of hydrogen-bond donors (Lipinski definition) is 3. The molecule has 6 unspecified atom stereocenters. The molecule has 5 aliphatic carbocycles. The summed E-state index contributed by atoms with van der Waals surface area (Å²) in [7, 11) is 1.73. The Kier molecular flexibility index (Phi) is 5.85. The molecule has 0 spiro atoms. The third kappa shape index (κ3) is 3.30. The van der Waals surface area contributed by atoms with Crippen molar-refractivity contribution in [2.24, 2.45) is 44.8 Å². The highest BCUT2D eigenvalue weighted by Crippen LogP contribution is 2.77. The molecule has 4 nitrogen and oxygen atoms in total. The molecule has 5 aliphatic rings. The van der Waals surface area contributed by atoms with Crippen LogP contribution in [0.5, 0.6) is 5.75 Å². The van der Waals surface area contributed by atoms with Crippen molar-refractivity contribution in [3.8, 4) is 5.75 Å². The number of nitrogens with one attached hydrogen (secondary N) is 1. The first kappa shape index (κ1) is 28.2. The van der Waals surface area contributed by atoms with E-state index in [-0.39, 0.29) is 45.0 Å². The molecule has 1 aromatic heterocycles. The van der Waals surface area contributed by atoms with E-state index in [4.69, 9.17) is 4.74 Å². The standard InChI is InChI=1S/C38H51NO3/c1-22-11-12-34(3)13-15-37(6)31-19-27(26-21-39-28-10-9-24(42-8)18-25(26)28)38(7)23(2)33(41)29(40)20-32(38)35(31,4)14-16-36(37,5)30(34)17-22/h9-10,18-22,27,30,32,39-41H,11-17H2,1-8H3/t22?,27?,30-,32?,34?,35?,36+,37-,38?/m1/s1. The SMILES string of the molecule is COc1ccc2[nH]cc(C3C=C4C(C)(CC[C@@]5(C)[C@@H]6CC(C)CCC6(C)CC[C@]45C)C4C=C(O)C(O)=C(C)C34C)c2c1. The molecule has 3 saturated carbocycles. The first-order valence-electron chi connectivity index (χ1n) is 16.4. The topological polar surface area (TPSA) is 65.5 Å². The second-order valence-corrected chi connectivity index (χ2v) is 16.3. The van der Waals surface area contributed by atoms with E-state index in [2.05, 4.69) is 70.9 Å². The van der Waals surface area contributed by atoms with Crippen molar-refractivity contribution in [3.63, 3.8) is 0 Å². The van der Waals surface area contributed by atoms with Gasteiger partial charge in [0.05, 0.1) is 7.11 Å². The monoisotopic (exact) mass is 569 g/mol. The summed E-state index contributed by atoms with van der Waals surface area (Å²) in [6.07, 6.45) is 15.8. The molecule has 9 atom stereocenters. The molecule has 42 heavy (non-hydrogen) atoms. The minimum Gasteiger partial charge on any atom is -0.504 e. The van der Waals surface area contributed by atoms with Crippen molar-refractivity contribution in [2.45, 2.75) is 99.3 Å². The van der Waals surface area contributed by atoms with Crippen LogP contribution < -0.4 is 4.74 Å².